The number of carbonyl (C=O) groups excluding carboxylic acids is 2. The normalized spacial score (nSPS) is 11.3. The van der Waals surface area contributed by atoms with Crippen LogP contribution in [0, 0.1) is 0 Å². The lowest BCUT2D eigenvalue weighted by atomic mass is 10.0. The van der Waals surface area contributed by atoms with Crippen LogP contribution < -0.4 is 19.5 Å². The van der Waals surface area contributed by atoms with Gasteiger partial charge in [-0.3, -0.25) is 9.59 Å². The average molecular weight is 419 g/mol. The van der Waals surface area contributed by atoms with Gasteiger partial charge in [-0.2, -0.15) is 0 Å². The van der Waals surface area contributed by atoms with Crippen LogP contribution in [0.5, 0.6) is 17.2 Å². The van der Waals surface area contributed by atoms with Crippen molar-refractivity contribution in [2.45, 2.75) is 13.0 Å². The molecule has 3 rings (SSSR count). The Labute approximate surface area is 181 Å². The van der Waals surface area contributed by atoms with E-state index < -0.39 is 0 Å². The van der Waals surface area contributed by atoms with Gasteiger partial charge in [-0.15, -0.1) is 0 Å². The van der Waals surface area contributed by atoms with Crippen molar-refractivity contribution in [2.75, 3.05) is 20.8 Å². The van der Waals surface area contributed by atoms with Gasteiger partial charge in [0.05, 0.1) is 20.3 Å². The molecule has 0 saturated heterocycles. The van der Waals surface area contributed by atoms with E-state index in [-0.39, 0.29) is 24.3 Å². The standard InChI is InChI=1S/C25H25NO5/c1-17(22-15-21(29-2)13-14-23(22)30-3)26-24(27)16-31-20-11-9-19(10-12-20)25(28)18-7-5-4-6-8-18/h4-15,17H,16H2,1-3H3,(H,26,27)/t17-/m0/s1. The largest absolute Gasteiger partial charge is 0.497 e. The topological polar surface area (TPSA) is 73.9 Å². The van der Waals surface area contributed by atoms with E-state index in [4.69, 9.17) is 14.2 Å². The Bertz CT molecular complexity index is 1030. The molecule has 1 atom stereocenters. The van der Waals surface area contributed by atoms with Crippen LogP contribution in [0.15, 0.2) is 72.8 Å². The highest BCUT2D eigenvalue weighted by molar-refractivity contribution is 6.08. The summed E-state index contributed by atoms with van der Waals surface area (Å²) in [6.45, 7) is 1.71. The minimum Gasteiger partial charge on any atom is -0.497 e. The number of hydrogen-bond acceptors (Lipinski definition) is 5. The van der Waals surface area contributed by atoms with Crippen molar-refractivity contribution in [1.29, 1.82) is 0 Å². The zero-order chi connectivity index (χ0) is 22.2. The molecule has 0 aliphatic carbocycles. The van der Waals surface area contributed by atoms with E-state index in [1.165, 1.54) is 0 Å². The second-order valence-corrected chi connectivity index (χ2v) is 6.91. The van der Waals surface area contributed by atoms with E-state index in [2.05, 4.69) is 5.32 Å². The molecule has 0 bridgehead atoms. The Balaban J connectivity index is 1.57. The molecular formula is C25H25NO5. The van der Waals surface area contributed by atoms with Crippen LogP contribution >= 0.6 is 0 Å². The van der Waals surface area contributed by atoms with E-state index in [0.717, 1.165) is 5.56 Å². The number of nitrogens with one attached hydrogen (secondary N) is 1. The van der Waals surface area contributed by atoms with Gasteiger partial charge in [0.25, 0.3) is 5.91 Å². The molecule has 0 radical (unpaired) electrons. The monoisotopic (exact) mass is 419 g/mol. The molecule has 31 heavy (non-hydrogen) atoms. The fourth-order valence-corrected chi connectivity index (χ4v) is 3.15. The highest BCUT2D eigenvalue weighted by Gasteiger charge is 2.16. The average Bonchev–Trinajstić information content (AvgIpc) is 2.82. The first-order valence-corrected chi connectivity index (χ1v) is 9.85. The summed E-state index contributed by atoms with van der Waals surface area (Å²) in [4.78, 5) is 24.8. The number of ether oxygens (including phenoxy) is 3. The summed E-state index contributed by atoms with van der Waals surface area (Å²) in [6, 6.07) is 20.9. The lowest BCUT2D eigenvalue weighted by molar-refractivity contribution is -0.123. The third-order valence-electron chi connectivity index (χ3n) is 4.80. The van der Waals surface area contributed by atoms with Gasteiger partial charge >= 0.3 is 0 Å². The quantitative estimate of drug-likeness (QED) is 0.527. The summed E-state index contributed by atoms with van der Waals surface area (Å²) < 4.78 is 16.2. The van der Waals surface area contributed by atoms with E-state index in [0.29, 0.717) is 28.4 Å². The van der Waals surface area contributed by atoms with Crippen LogP contribution in [0.2, 0.25) is 0 Å². The third kappa shape index (κ3) is 5.63. The summed E-state index contributed by atoms with van der Waals surface area (Å²) in [5, 5.41) is 2.89. The van der Waals surface area contributed by atoms with Crippen LogP contribution in [0.1, 0.15) is 34.5 Å². The Morgan fingerprint density at radius 3 is 2.13 bits per heavy atom. The van der Waals surface area contributed by atoms with Crippen molar-refractivity contribution in [1.82, 2.24) is 5.32 Å². The number of amides is 1. The van der Waals surface area contributed by atoms with Crippen molar-refractivity contribution in [3.63, 3.8) is 0 Å². The molecule has 160 valence electrons. The number of benzene rings is 3. The van der Waals surface area contributed by atoms with E-state index >= 15 is 0 Å². The Morgan fingerprint density at radius 1 is 0.839 bits per heavy atom. The zero-order valence-electron chi connectivity index (χ0n) is 17.8. The minimum absolute atomic E-state index is 0.0639. The number of ketones is 1. The molecule has 0 heterocycles. The van der Waals surface area contributed by atoms with Gasteiger partial charge in [0.1, 0.15) is 17.2 Å². The predicted molar refractivity (Wildman–Crippen MR) is 118 cm³/mol. The Kier molecular flexibility index (Phi) is 7.27. The molecule has 0 aliphatic heterocycles. The van der Waals surface area contributed by atoms with E-state index in [1.54, 1.807) is 62.8 Å². The molecule has 6 heteroatoms. The van der Waals surface area contributed by atoms with Crippen LogP contribution in [0.3, 0.4) is 0 Å². The second-order valence-electron chi connectivity index (χ2n) is 6.91. The number of methoxy groups -OCH3 is 2. The van der Waals surface area contributed by atoms with Gasteiger partial charge in [-0.1, -0.05) is 30.3 Å². The molecule has 1 N–H and O–H groups in total. The summed E-state index contributed by atoms with van der Waals surface area (Å²) in [5.74, 6) is 1.51. The molecule has 0 unspecified atom stereocenters. The fourth-order valence-electron chi connectivity index (χ4n) is 3.15. The van der Waals surface area contributed by atoms with Gasteiger partial charge in [0.15, 0.2) is 12.4 Å². The molecule has 6 nitrogen and oxygen atoms in total. The maximum atomic E-state index is 12.5. The maximum Gasteiger partial charge on any atom is 0.258 e. The summed E-state index contributed by atoms with van der Waals surface area (Å²) >= 11 is 0. The molecule has 1 amide bonds. The maximum absolute atomic E-state index is 12.5. The second kappa shape index (κ2) is 10.3. The molecule has 3 aromatic carbocycles. The summed E-state index contributed by atoms with van der Waals surface area (Å²) in [7, 11) is 3.16. The molecule has 0 spiro atoms. The number of rotatable bonds is 9. The first-order chi connectivity index (χ1) is 15.0. The zero-order valence-corrected chi connectivity index (χ0v) is 17.8. The van der Waals surface area contributed by atoms with Gasteiger partial charge in [-0.05, 0) is 49.4 Å². The molecule has 3 aromatic rings. The van der Waals surface area contributed by atoms with E-state index in [9.17, 15) is 9.59 Å². The first kappa shape index (κ1) is 21.9. The Hall–Kier alpha value is -3.80. The van der Waals surface area contributed by atoms with Crippen molar-refractivity contribution in [2.24, 2.45) is 0 Å². The smallest absolute Gasteiger partial charge is 0.258 e. The highest BCUT2D eigenvalue weighted by Crippen LogP contribution is 2.29. The van der Waals surface area contributed by atoms with Gasteiger partial charge in [0.2, 0.25) is 0 Å². The van der Waals surface area contributed by atoms with Crippen molar-refractivity contribution in [3.05, 3.63) is 89.5 Å². The van der Waals surface area contributed by atoms with Crippen molar-refractivity contribution >= 4 is 11.7 Å². The minimum atomic E-state index is -0.299. The number of carbonyl (C=O) groups is 2. The number of hydrogen-bond donors (Lipinski definition) is 1. The van der Waals surface area contributed by atoms with Crippen LogP contribution in [0.4, 0.5) is 0 Å². The SMILES string of the molecule is COc1ccc(OC)c([C@H](C)NC(=O)COc2ccc(C(=O)c3ccccc3)cc2)c1. The summed E-state index contributed by atoms with van der Waals surface area (Å²) in [6.07, 6.45) is 0. The lowest BCUT2D eigenvalue weighted by Gasteiger charge is -2.18. The molecule has 0 aromatic heterocycles. The van der Waals surface area contributed by atoms with Gasteiger partial charge < -0.3 is 19.5 Å². The molecular weight excluding hydrogens is 394 g/mol. The van der Waals surface area contributed by atoms with Crippen LogP contribution in [-0.4, -0.2) is 32.5 Å². The fraction of sp³-hybridized carbons (Fsp3) is 0.200. The van der Waals surface area contributed by atoms with Crippen molar-refractivity contribution in [3.8, 4) is 17.2 Å². The Morgan fingerprint density at radius 2 is 1.48 bits per heavy atom. The molecule has 0 aliphatic rings. The molecule has 0 saturated carbocycles. The molecule has 0 fully saturated rings. The predicted octanol–water partition coefficient (Wildman–Crippen LogP) is 4.19. The highest BCUT2D eigenvalue weighted by atomic mass is 16.5. The van der Waals surface area contributed by atoms with Gasteiger partial charge in [-0.25, -0.2) is 0 Å². The third-order valence-corrected chi connectivity index (χ3v) is 4.80. The van der Waals surface area contributed by atoms with Crippen LogP contribution in [-0.2, 0) is 4.79 Å². The lowest BCUT2D eigenvalue weighted by Crippen LogP contribution is -2.31. The summed E-state index contributed by atoms with van der Waals surface area (Å²) in [5.41, 5.74) is 1.98. The van der Waals surface area contributed by atoms with Crippen molar-refractivity contribution < 1.29 is 23.8 Å². The van der Waals surface area contributed by atoms with E-state index in [1.807, 2.05) is 31.2 Å². The first-order valence-electron chi connectivity index (χ1n) is 9.85. The van der Waals surface area contributed by atoms with Crippen LogP contribution in [0.25, 0.3) is 0 Å². The van der Waals surface area contributed by atoms with Gasteiger partial charge in [0, 0.05) is 16.7 Å².